The van der Waals surface area contributed by atoms with Gasteiger partial charge in [-0.25, -0.2) is 0 Å². The molecule has 2 fully saturated rings. The first-order valence-electron chi connectivity index (χ1n) is 7.42. The van der Waals surface area contributed by atoms with Crippen molar-refractivity contribution in [3.63, 3.8) is 0 Å². The zero-order valence-electron chi connectivity index (χ0n) is 11.6. The lowest BCUT2D eigenvalue weighted by Crippen LogP contribution is -2.48. The van der Waals surface area contributed by atoms with Gasteiger partial charge in [-0.3, -0.25) is 0 Å². The van der Waals surface area contributed by atoms with Gasteiger partial charge in [0.15, 0.2) is 0 Å². The lowest BCUT2D eigenvalue weighted by molar-refractivity contribution is 0.173. The molecule has 3 heteroatoms. The van der Waals surface area contributed by atoms with Gasteiger partial charge in [0.05, 0.1) is 0 Å². The van der Waals surface area contributed by atoms with Crippen molar-refractivity contribution in [3.05, 3.63) is 0 Å². The summed E-state index contributed by atoms with van der Waals surface area (Å²) in [6.45, 7) is 9.87. The van der Waals surface area contributed by atoms with Gasteiger partial charge in [-0.05, 0) is 64.8 Å². The summed E-state index contributed by atoms with van der Waals surface area (Å²) in [5.41, 5.74) is 0. The molecule has 2 atom stereocenters. The van der Waals surface area contributed by atoms with Crippen molar-refractivity contribution in [2.24, 2.45) is 5.92 Å². The van der Waals surface area contributed by atoms with Crippen LogP contribution < -0.4 is 5.32 Å². The van der Waals surface area contributed by atoms with Gasteiger partial charge in [-0.15, -0.1) is 0 Å². The average molecular weight is 239 g/mol. The second-order valence-corrected chi connectivity index (χ2v) is 5.91. The highest BCUT2D eigenvalue weighted by atomic mass is 15.2. The fourth-order valence-corrected chi connectivity index (χ4v) is 3.28. The van der Waals surface area contributed by atoms with E-state index in [1.54, 1.807) is 0 Å². The van der Waals surface area contributed by atoms with E-state index < -0.39 is 0 Å². The SMILES string of the molecule is CCN1CCCC(NCC2CCCN(C)C2)C1. The first kappa shape index (κ1) is 13.3. The fraction of sp³-hybridized carbons (Fsp3) is 1.00. The molecule has 0 spiro atoms. The molecule has 0 bridgehead atoms. The molecule has 0 aromatic rings. The number of likely N-dealkylation sites (tertiary alicyclic amines) is 2. The Kier molecular flexibility index (Phi) is 5.26. The Bertz CT molecular complexity index is 220. The zero-order chi connectivity index (χ0) is 12.1. The molecule has 2 unspecified atom stereocenters. The molecule has 0 aliphatic carbocycles. The predicted molar refractivity (Wildman–Crippen MR) is 73.4 cm³/mol. The van der Waals surface area contributed by atoms with E-state index in [2.05, 4.69) is 29.1 Å². The minimum atomic E-state index is 0.746. The highest BCUT2D eigenvalue weighted by Gasteiger charge is 2.21. The van der Waals surface area contributed by atoms with Crippen LogP contribution in [0.4, 0.5) is 0 Å². The van der Waals surface area contributed by atoms with E-state index in [1.165, 1.54) is 65.0 Å². The third kappa shape index (κ3) is 4.23. The van der Waals surface area contributed by atoms with E-state index in [-0.39, 0.29) is 0 Å². The van der Waals surface area contributed by atoms with Gasteiger partial charge in [-0.2, -0.15) is 0 Å². The molecule has 0 aromatic carbocycles. The standard InChI is InChI=1S/C14H29N3/c1-3-17-9-5-7-14(12-17)15-10-13-6-4-8-16(2)11-13/h13-15H,3-12H2,1-2H3. The Balaban J connectivity index is 1.66. The van der Waals surface area contributed by atoms with Crippen molar-refractivity contribution >= 4 is 0 Å². The second kappa shape index (κ2) is 6.72. The van der Waals surface area contributed by atoms with Crippen molar-refractivity contribution in [1.82, 2.24) is 15.1 Å². The van der Waals surface area contributed by atoms with Crippen LogP contribution in [0.5, 0.6) is 0 Å². The number of hydrogen-bond acceptors (Lipinski definition) is 3. The first-order valence-corrected chi connectivity index (χ1v) is 7.42. The molecule has 0 amide bonds. The molecule has 2 aliphatic heterocycles. The van der Waals surface area contributed by atoms with Gasteiger partial charge in [0.2, 0.25) is 0 Å². The number of nitrogens with zero attached hydrogens (tertiary/aromatic N) is 2. The normalized spacial score (nSPS) is 32.8. The molecule has 1 N–H and O–H groups in total. The maximum absolute atomic E-state index is 3.81. The summed E-state index contributed by atoms with van der Waals surface area (Å²) >= 11 is 0. The summed E-state index contributed by atoms with van der Waals surface area (Å²) < 4.78 is 0. The van der Waals surface area contributed by atoms with Crippen molar-refractivity contribution in [3.8, 4) is 0 Å². The van der Waals surface area contributed by atoms with E-state index in [9.17, 15) is 0 Å². The lowest BCUT2D eigenvalue weighted by Gasteiger charge is -2.35. The number of rotatable bonds is 4. The predicted octanol–water partition coefficient (Wildman–Crippen LogP) is 1.40. The van der Waals surface area contributed by atoms with Crippen LogP contribution in [-0.2, 0) is 0 Å². The van der Waals surface area contributed by atoms with E-state index >= 15 is 0 Å². The van der Waals surface area contributed by atoms with Crippen LogP contribution in [0.1, 0.15) is 32.6 Å². The highest BCUT2D eigenvalue weighted by molar-refractivity contribution is 4.80. The molecule has 100 valence electrons. The number of likely N-dealkylation sites (N-methyl/N-ethyl adjacent to an activating group) is 1. The van der Waals surface area contributed by atoms with Gasteiger partial charge in [0, 0.05) is 19.1 Å². The third-order valence-electron chi connectivity index (χ3n) is 4.37. The van der Waals surface area contributed by atoms with Gasteiger partial charge in [0.1, 0.15) is 0 Å². The lowest BCUT2D eigenvalue weighted by atomic mass is 9.97. The Morgan fingerprint density at radius 2 is 1.94 bits per heavy atom. The Hall–Kier alpha value is -0.120. The Morgan fingerprint density at radius 1 is 1.12 bits per heavy atom. The molecule has 2 saturated heterocycles. The monoisotopic (exact) mass is 239 g/mol. The molecule has 2 rings (SSSR count). The van der Waals surface area contributed by atoms with Crippen LogP contribution in [0.15, 0.2) is 0 Å². The molecular weight excluding hydrogens is 210 g/mol. The van der Waals surface area contributed by atoms with Crippen LogP contribution >= 0.6 is 0 Å². The van der Waals surface area contributed by atoms with Gasteiger partial charge < -0.3 is 15.1 Å². The number of hydrogen-bond donors (Lipinski definition) is 1. The van der Waals surface area contributed by atoms with Crippen LogP contribution in [0.3, 0.4) is 0 Å². The largest absolute Gasteiger partial charge is 0.312 e. The topological polar surface area (TPSA) is 18.5 Å². The smallest absolute Gasteiger partial charge is 0.0195 e. The molecule has 0 aromatic heterocycles. The minimum absolute atomic E-state index is 0.746. The number of piperidine rings is 2. The first-order chi connectivity index (χ1) is 8.28. The van der Waals surface area contributed by atoms with Crippen molar-refractivity contribution in [2.45, 2.75) is 38.6 Å². The van der Waals surface area contributed by atoms with E-state index in [0.29, 0.717) is 0 Å². The fourth-order valence-electron chi connectivity index (χ4n) is 3.28. The Morgan fingerprint density at radius 3 is 2.71 bits per heavy atom. The Labute approximate surface area is 107 Å². The van der Waals surface area contributed by atoms with E-state index in [0.717, 1.165) is 12.0 Å². The van der Waals surface area contributed by atoms with Crippen LogP contribution in [0, 0.1) is 5.92 Å². The minimum Gasteiger partial charge on any atom is -0.312 e. The van der Waals surface area contributed by atoms with Crippen LogP contribution in [0.2, 0.25) is 0 Å². The van der Waals surface area contributed by atoms with Gasteiger partial charge in [0.25, 0.3) is 0 Å². The number of nitrogens with one attached hydrogen (secondary N) is 1. The van der Waals surface area contributed by atoms with Crippen LogP contribution in [-0.4, -0.2) is 62.2 Å². The summed E-state index contributed by atoms with van der Waals surface area (Å²) in [4.78, 5) is 5.06. The van der Waals surface area contributed by atoms with Gasteiger partial charge >= 0.3 is 0 Å². The van der Waals surface area contributed by atoms with Crippen molar-refractivity contribution in [2.75, 3.05) is 46.3 Å². The molecule has 0 radical (unpaired) electrons. The second-order valence-electron chi connectivity index (χ2n) is 5.91. The summed E-state index contributed by atoms with van der Waals surface area (Å²) in [6.07, 6.45) is 5.55. The maximum Gasteiger partial charge on any atom is 0.0195 e. The van der Waals surface area contributed by atoms with Gasteiger partial charge in [-0.1, -0.05) is 6.92 Å². The quantitative estimate of drug-likeness (QED) is 0.800. The zero-order valence-corrected chi connectivity index (χ0v) is 11.6. The molecule has 2 aliphatic rings. The third-order valence-corrected chi connectivity index (χ3v) is 4.37. The average Bonchev–Trinajstić information content (AvgIpc) is 2.37. The maximum atomic E-state index is 3.81. The summed E-state index contributed by atoms with van der Waals surface area (Å²) in [6, 6.07) is 0.746. The molecular formula is C14H29N3. The highest BCUT2D eigenvalue weighted by Crippen LogP contribution is 2.15. The van der Waals surface area contributed by atoms with Crippen molar-refractivity contribution < 1.29 is 0 Å². The summed E-state index contributed by atoms with van der Waals surface area (Å²) in [5, 5.41) is 3.81. The molecule has 2 heterocycles. The van der Waals surface area contributed by atoms with Crippen molar-refractivity contribution in [1.29, 1.82) is 0 Å². The summed E-state index contributed by atoms with van der Waals surface area (Å²) in [5.74, 6) is 0.880. The van der Waals surface area contributed by atoms with E-state index in [4.69, 9.17) is 0 Å². The van der Waals surface area contributed by atoms with E-state index in [1.807, 2.05) is 0 Å². The summed E-state index contributed by atoms with van der Waals surface area (Å²) in [7, 11) is 2.26. The molecule has 3 nitrogen and oxygen atoms in total. The molecule has 0 saturated carbocycles. The van der Waals surface area contributed by atoms with Crippen LogP contribution in [0.25, 0.3) is 0 Å². The molecule has 17 heavy (non-hydrogen) atoms.